The number of nitro groups is 1. The number of hydrogen-bond acceptors (Lipinski definition) is 4. The molecule has 0 amide bonds. The SMILES string of the molecule is CCO[C-]=O.O=[N+]([O-])c1cc[c-]cc1.[U+2]. The maximum Gasteiger partial charge on any atom is 2.00 e. The van der Waals surface area contributed by atoms with Gasteiger partial charge in [0, 0.05) is 11.5 Å². The van der Waals surface area contributed by atoms with Crippen LogP contribution >= 0.6 is 0 Å². The Morgan fingerprint density at radius 1 is 1.53 bits per heavy atom. The fraction of sp³-hybridized carbons (Fsp3) is 0.222. The van der Waals surface area contributed by atoms with Crippen molar-refractivity contribution in [1.29, 1.82) is 0 Å². The van der Waals surface area contributed by atoms with E-state index in [1.54, 1.807) is 6.92 Å². The van der Waals surface area contributed by atoms with Gasteiger partial charge in [0.2, 0.25) is 0 Å². The second-order valence-corrected chi connectivity index (χ2v) is 2.03. The molecule has 0 radical (unpaired) electrons. The van der Waals surface area contributed by atoms with E-state index in [0.29, 0.717) is 6.61 Å². The first-order valence-electron chi connectivity index (χ1n) is 3.81. The molecule has 6 heteroatoms. The van der Waals surface area contributed by atoms with Crippen molar-refractivity contribution in [3.63, 3.8) is 0 Å². The van der Waals surface area contributed by atoms with Crippen LogP contribution in [0.15, 0.2) is 24.3 Å². The molecule has 78 valence electrons. The van der Waals surface area contributed by atoms with Crippen molar-refractivity contribution in [3.8, 4) is 0 Å². The molecule has 0 aliphatic rings. The van der Waals surface area contributed by atoms with E-state index in [0.717, 1.165) is 0 Å². The normalized spacial score (nSPS) is 7.53. The maximum atomic E-state index is 9.99. The third-order valence-electron chi connectivity index (χ3n) is 1.11. The first-order valence-corrected chi connectivity index (χ1v) is 3.81. The molecule has 1 aromatic rings. The van der Waals surface area contributed by atoms with Crippen molar-refractivity contribution in [3.05, 3.63) is 40.4 Å². The van der Waals surface area contributed by atoms with Crippen molar-refractivity contribution >= 4 is 12.2 Å². The minimum absolute atomic E-state index is 0. The summed E-state index contributed by atoms with van der Waals surface area (Å²) >= 11 is 0. The van der Waals surface area contributed by atoms with E-state index in [1.807, 2.05) is 0 Å². The molecule has 0 saturated carbocycles. The summed E-state index contributed by atoms with van der Waals surface area (Å²) in [4.78, 5) is 18.6. The minimum atomic E-state index is -0.437. The molecule has 1 rings (SSSR count). The van der Waals surface area contributed by atoms with Gasteiger partial charge in [-0.2, -0.15) is 18.2 Å². The van der Waals surface area contributed by atoms with Gasteiger partial charge in [0.25, 0.3) is 0 Å². The van der Waals surface area contributed by atoms with Crippen LogP contribution in [0.3, 0.4) is 0 Å². The molecule has 0 atom stereocenters. The number of rotatable bonds is 3. The van der Waals surface area contributed by atoms with Crippen LogP contribution in [0.2, 0.25) is 0 Å². The van der Waals surface area contributed by atoms with Crippen LogP contribution < -0.4 is 0 Å². The molecule has 0 aliphatic carbocycles. The number of hydrogen-bond donors (Lipinski definition) is 0. The van der Waals surface area contributed by atoms with Gasteiger partial charge in [-0.05, 0) is 6.92 Å². The predicted molar refractivity (Wildman–Crippen MR) is 49.3 cm³/mol. The molecule has 0 heterocycles. The number of benzene rings is 1. The fourth-order valence-corrected chi connectivity index (χ4v) is 0.559. The van der Waals surface area contributed by atoms with E-state index in [1.165, 1.54) is 30.7 Å². The summed E-state index contributed by atoms with van der Waals surface area (Å²) in [5, 5.41) is 9.99. The molecule has 0 unspecified atom stereocenters. The van der Waals surface area contributed by atoms with Gasteiger partial charge in [0.15, 0.2) is 5.69 Å². The summed E-state index contributed by atoms with van der Waals surface area (Å²) in [6.07, 6.45) is 0. The smallest absolute Gasteiger partial charge is 0.653 e. The van der Waals surface area contributed by atoms with Gasteiger partial charge in [0.1, 0.15) is 0 Å². The van der Waals surface area contributed by atoms with Crippen molar-refractivity contribution < 1.29 is 45.6 Å². The number of carbonyl (C=O) groups excluding carboxylic acids is 1. The van der Waals surface area contributed by atoms with E-state index in [-0.39, 0.29) is 36.8 Å². The summed E-state index contributed by atoms with van der Waals surface area (Å²) in [5.74, 6) is 0. The van der Waals surface area contributed by atoms with Crippen LogP contribution in [-0.2, 0) is 9.53 Å². The first kappa shape index (κ1) is 16.6. The van der Waals surface area contributed by atoms with Gasteiger partial charge in [-0.15, -0.1) is 0 Å². The van der Waals surface area contributed by atoms with Crippen molar-refractivity contribution in [2.24, 2.45) is 0 Å². The predicted octanol–water partition coefficient (Wildman–Crippen LogP) is 1.49. The second kappa shape index (κ2) is 11.2. The second-order valence-electron chi connectivity index (χ2n) is 2.03. The van der Waals surface area contributed by atoms with Gasteiger partial charge < -0.3 is 9.53 Å². The largest absolute Gasteiger partial charge is 2.00 e. The Bertz CT molecular complexity index is 279. The summed E-state index contributed by atoms with van der Waals surface area (Å²) in [6.45, 7) is 3.41. The van der Waals surface area contributed by atoms with E-state index in [4.69, 9.17) is 4.79 Å². The summed E-state index contributed by atoms with van der Waals surface area (Å²) in [7, 11) is 0. The van der Waals surface area contributed by atoms with E-state index in [9.17, 15) is 10.1 Å². The zero-order chi connectivity index (χ0) is 10.8. The zero-order valence-corrected chi connectivity index (χ0v) is 12.3. The molecular weight excluding hydrogens is 424 g/mol. The summed E-state index contributed by atoms with van der Waals surface area (Å²) < 4.78 is 4.03. The molecule has 0 bridgehead atoms. The molecule has 0 aromatic heterocycles. The van der Waals surface area contributed by atoms with Gasteiger partial charge >= 0.3 is 31.1 Å². The van der Waals surface area contributed by atoms with Crippen LogP contribution in [0.5, 0.6) is 0 Å². The molecule has 0 spiro atoms. The Morgan fingerprint density at radius 2 is 2.07 bits per heavy atom. The molecule has 0 N–H and O–H groups in total. The number of nitrogens with zero attached hydrogens (tertiary/aromatic N) is 1. The van der Waals surface area contributed by atoms with Gasteiger partial charge in [0.05, 0.1) is 0 Å². The third kappa shape index (κ3) is 9.45. The average molecular weight is 433 g/mol. The van der Waals surface area contributed by atoms with Crippen molar-refractivity contribution in [2.75, 3.05) is 6.61 Å². The molecule has 0 fully saturated rings. The molecule has 0 aliphatic heterocycles. The Labute approximate surface area is 111 Å². The third-order valence-corrected chi connectivity index (χ3v) is 1.11. The van der Waals surface area contributed by atoms with Crippen LogP contribution in [0.25, 0.3) is 0 Å². The summed E-state index contributed by atoms with van der Waals surface area (Å²) in [6, 6.07) is 8.51. The van der Waals surface area contributed by atoms with Crippen LogP contribution in [0, 0.1) is 47.3 Å². The maximum absolute atomic E-state index is 9.99. The van der Waals surface area contributed by atoms with Gasteiger partial charge in [-0.25, -0.2) is 0 Å². The molecule has 1 aromatic carbocycles. The standard InChI is InChI=1S/C6H4NO2.C3H5O2.U/c8-7(9)6-4-2-1-3-5-6;1-2-5-3-4;/h2-5H;2H2,1H3;/q2*-1;+2. The van der Waals surface area contributed by atoms with Crippen molar-refractivity contribution in [1.82, 2.24) is 0 Å². The minimum Gasteiger partial charge on any atom is -0.653 e. The zero-order valence-electron chi connectivity index (χ0n) is 8.10. The van der Waals surface area contributed by atoms with Gasteiger partial charge in [-0.1, -0.05) is 18.6 Å². The van der Waals surface area contributed by atoms with E-state index < -0.39 is 4.92 Å². The van der Waals surface area contributed by atoms with Crippen molar-refractivity contribution in [2.45, 2.75) is 6.92 Å². The molecular formula is C9H9NO4U. The molecule has 0 saturated heterocycles. The molecule has 5 nitrogen and oxygen atoms in total. The number of nitro benzene ring substituents is 1. The Kier molecular flexibility index (Phi) is 12.4. The Hall–Kier alpha value is -0.858. The first-order chi connectivity index (χ1) is 6.72. The Balaban J connectivity index is 0. The van der Waals surface area contributed by atoms with E-state index in [2.05, 4.69) is 10.8 Å². The number of non-ortho nitro benzene ring substituents is 1. The topological polar surface area (TPSA) is 69.4 Å². The Morgan fingerprint density at radius 3 is 2.27 bits per heavy atom. The number of ether oxygens (including phenoxy) is 1. The monoisotopic (exact) mass is 433 g/mol. The van der Waals surface area contributed by atoms with Crippen LogP contribution in [0.1, 0.15) is 6.92 Å². The quantitative estimate of drug-likeness (QED) is 0.412. The fourth-order valence-electron chi connectivity index (χ4n) is 0.559. The summed E-state index contributed by atoms with van der Waals surface area (Å²) in [5.41, 5.74) is 0.105. The van der Waals surface area contributed by atoms with Gasteiger partial charge in [-0.3, -0.25) is 10.1 Å². The molecule has 15 heavy (non-hydrogen) atoms. The van der Waals surface area contributed by atoms with Crippen LogP contribution in [-0.4, -0.2) is 18.0 Å². The van der Waals surface area contributed by atoms with Crippen LogP contribution in [0.4, 0.5) is 5.69 Å². The van der Waals surface area contributed by atoms with E-state index >= 15 is 0 Å². The average Bonchev–Trinajstić information content (AvgIpc) is 2.21.